The highest BCUT2D eigenvalue weighted by molar-refractivity contribution is 9.10. The summed E-state index contributed by atoms with van der Waals surface area (Å²) < 4.78 is 1.03. The van der Waals surface area contributed by atoms with Gasteiger partial charge in [-0.05, 0) is 18.2 Å². The van der Waals surface area contributed by atoms with Crippen LogP contribution in [0.25, 0.3) is 0 Å². The van der Waals surface area contributed by atoms with Crippen molar-refractivity contribution in [3.05, 3.63) is 46.5 Å². The zero-order valence-corrected chi connectivity index (χ0v) is 9.51. The van der Waals surface area contributed by atoms with Gasteiger partial charge in [-0.25, -0.2) is 0 Å². The van der Waals surface area contributed by atoms with Crippen LogP contribution in [-0.2, 0) is 0 Å². The van der Waals surface area contributed by atoms with Gasteiger partial charge in [-0.15, -0.1) is 0 Å². The minimum Gasteiger partial charge on any atom is -0.295 e. The van der Waals surface area contributed by atoms with E-state index in [9.17, 15) is 0 Å². The largest absolute Gasteiger partial charge is 0.295 e. The van der Waals surface area contributed by atoms with Crippen LogP contribution in [0.2, 0.25) is 0 Å². The molecule has 1 aromatic rings. The van der Waals surface area contributed by atoms with E-state index in [2.05, 4.69) is 39.3 Å². The first-order chi connectivity index (χ1) is 6.72. The van der Waals surface area contributed by atoms with Crippen molar-refractivity contribution in [2.24, 2.45) is 4.99 Å². The second-order valence-corrected chi connectivity index (χ2v) is 3.59. The van der Waals surface area contributed by atoms with Gasteiger partial charge < -0.3 is 0 Å². The molecule has 0 saturated carbocycles. The van der Waals surface area contributed by atoms with E-state index in [1.807, 2.05) is 24.3 Å². The van der Waals surface area contributed by atoms with Gasteiger partial charge in [0.2, 0.25) is 0 Å². The van der Waals surface area contributed by atoms with Crippen LogP contribution in [0.4, 0.5) is 0 Å². The van der Waals surface area contributed by atoms with Gasteiger partial charge in [0.25, 0.3) is 0 Å². The molecule has 0 atom stereocenters. The highest BCUT2D eigenvalue weighted by atomic mass is 79.9. The standard InChI is InChI=1S/C12H10BrN/c1-10(9-14-2)6-7-11-4-3-5-12(13)8-11/h3-5,8-9H,1H2,2H3. The normalized spacial score (nSPS) is 9.57. The molecule has 0 aliphatic rings. The summed E-state index contributed by atoms with van der Waals surface area (Å²) in [6.07, 6.45) is 1.64. The van der Waals surface area contributed by atoms with Crippen LogP contribution in [0.3, 0.4) is 0 Å². The predicted molar refractivity (Wildman–Crippen MR) is 64.6 cm³/mol. The number of rotatable bonds is 1. The van der Waals surface area contributed by atoms with E-state index in [4.69, 9.17) is 0 Å². The van der Waals surface area contributed by atoms with Crippen molar-refractivity contribution in [1.29, 1.82) is 0 Å². The summed E-state index contributed by atoms with van der Waals surface area (Å²) in [5.41, 5.74) is 1.68. The Balaban J connectivity index is 2.82. The Morgan fingerprint density at radius 1 is 1.57 bits per heavy atom. The quantitative estimate of drug-likeness (QED) is 0.535. The molecule has 0 aromatic heterocycles. The molecule has 70 valence electrons. The van der Waals surface area contributed by atoms with E-state index in [1.54, 1.807) is 13.3 Å². The van der Waals surface area contributed by atoms with Crippen LogP contribution in [0, 0.1) is 11.8 Å². The molecule has 0 N–H and O–H groups in total. The SMILES string of the molecule is C=C(C#Cc1cccc(Br)c1)C=NC. The maximum atomic E-state index is 3.83. The fourth-order valence-electron chi connectivity index (χ4n) is 0.907. The van der Waals surface area contributed by atoms with Gasteiger partial charge in [-0.2, -0.15) is 0 Å². The molecule has 1 nitrogen and oxygen atoms in total. The van der Waals surface area contributed by atoms with Crippen LogP contribution in [0.1, 0.15) is 5.56 Å². The Morgan fingerprint density at radius 3 is 3.00 bits per heavy atom. The van der Waals surface area contributed by atoms with Crippen molar-refractivity contribution in [2.75, 3.05) is 7.05 Å². The van der Waals surface area contributed by atoms with Crippen molar-refractivity contribution in [3.63, 3.8) is 0 Å². The number of allylic oxidation sites excluding steroid dienone is 1. The lowest BCUT2D eigenvalue weighted by Gasteiger charge is -1.90. The molecule has 0 spiro atoms. The fourth-order valence-corrected chi connectivity index (χ4v) is 1.31. The van der Waals surface area contributed by atoms with E-state index >= 15 is 0 Å². The topological polar surface area (TPSA) is 12.4 Å². The minimum absolute atomic E-state index is 0.715. The van der Waals surface area contributed by atoms with Crippen LogP contribution < -0.4 is 0 Å². The summed E-state index contributed by atoms with van der Waals surface area (Å²) in [7, 11) is 1.70. The number of aliphatic imine (C=N–C) groups is 1. The number of hydrogen-bond acceptors (Lipinski definition) is 1. The fraction of sp³-hybridized carbons (Fsp3) is 0.0833. The third kappa shape index (κ3) is 3.59. The van der Waals surface area contributed by atoms with E-state index in [0.717, 1.165) is 10.0 Å². The smallest absolute Gasteiger partial charge is 0.0359 e. The highest BCUT2D eigenvalue weighted by Crippen LogP contribution is 2.10. The van der Waals surface area contributed by atoms with Gasteiger partial charge in [0.15, 0.2) is 0 Å². The van der Waals surface area contributed by atoms with Crippen molar-refractivity contribution in [2.45, 2.75) is 0 Å². The molecule has 1 rings (SSSR count). The van der Waals surface area contributed by atoms with Gasteiger partial charge in [-0.1, -0.05) is 40.4 Å². The Bertz CT molecular complexity index is 421. The molecule has 1 aromatic carbocycles. The summed E-state index contributed by atoms with van der Waals surface area (Å²) in [6, 6.07) is 7.83. The first-order valence-corrected chi connectivity index (χ1v) is 4.90. The van der Waals surface area contributed by atoms with E-state index < -0.39 is 0 Å². The van der Waals surface area contributed by atoms with Gasteiger partial charge in [0.1, 0.15) is 0 Å². The molecule has 0 saturated heterocycles. The molecule has 2 heteroatoms. The Labute approximate surface area is 92.7 Å². The monoisotopic (exact) mass is 247 g/mol. The molecular weight excluding hydrogens is 238 g/mol. The zero-order chi connectivity index (χ0) is 10.4. The average molecular weight is 248 g/mol. The summed E-state index contributed by atoms with van der Waals surface area (Å²) >= 11 is 3.38. The molecule has 0 heterocycles. The lowest BCUT2D eigenvalue weighted by atomic mass is 10.2. The molecule has 0 bridgehead atoms. The number of halogens is 1. The lowest BCUT2D eigenvalue weighted by molar-refractivity contribution is 1.47. The molecule has 0 fully saturated rings. The lowest BCUT2D eigenvalue weighted by Crippen LogP contribution is -1.78. The third-order valence-electron chi connectivity index (χ3n) is 1.48. The molecule has 0 radical (unpaired) electrons. The second kappa shape index (κ2) is 5.41. The van der Waals surface area contributed by atoms with Crippen molar-refractivity contribution >= 4 is 22.1 Å². The van der Waals surface area contributed by atoms with Crippen LogP contribution in [-0.4, -0.2) is 13.3 Å². The van der Waals surface area contributed by atoms with E-state index in [-0.39, 0.29) is 0 Å². The van der Waals surface area contributed by atoms with Crippen molar-refractivity contribution in [3.8, 4) is 11.8 Å². The summed E-state index contributed by atoms with van der Waals surface area (Å²) in [5, 5.41) is 0. The molecule has 0 aliphatic carbocycles. The Hall–Kier alpha value is -1.33. The molecule has 0 amide bonds. The van der Waals surface area contributed by atoms with Gasteiger partial charge in [0.05, 0.1) is 0 Å². The third-order valence-corrected chi connectivity index (χ3v) is 1.97. The number of hydrogen-bond donors (Lipinski definition) is 0. The summed E-state index contributed by atoms with van der Waals surface area (Å²) in [4.78, 5) is 3.83. The average Bonchev–Trinajstić information content (AvgIpc) is 2.15. The van der Waals surface area contributed by atoms with Crippen molar-refractivity contribution in [1.82, 2.24) is 0 Å². The van der Waals surface area contributed by atoms with Crippen LogP contribution >= 0.6 is 15.9 Å². The first-order valence-electron chi connectivity index (χ1n) is 4.11. The van der Waals surface area contributed by atoms with Gasteiger partial charge >= 0.3 is 0 Å². The summed E-state index contributed by atoms with van der Waals surface area (Å²) in [5.74, 6) is 5.91. The maximum Gasteiger partial charge on any atom is 0.0359 e. The maximum absolute atomic E-state index is 3.83. The van der Waals surface area contributed by atoms with Crippen LogP contribution in [0.5, 0.6) is 0 Å². The Morgan fingerprint density at radius 2 is 2.36 bits per heavy atom. The number of nitrogens with zero attached hydrogens (tertiary/aromatic N) is 1. The molecule has 0 aliphatic heterocycles. The molecule has 14 heavy (non-hydrogen) atoms. The van der Waals surface area contributed by atoms with Crippen molar-refractivity contribution < 1.29 is 0 Å². The highest BCUT2D eigenvalue weighted by Gasteiger charge is 1.87. The Kier molecular flexibility index (Phi) is 4.15. The van der Waals surface area contributed by atoms with E-state index in [1.165, 1.54) is 0 Å². The zero-order valence-electron chi connectivity index (χ0n) is 7.92. The van der Waals surface area contributed by atoms with E-state index in [0.29, 0.717) is 5.57 Å². The molecular formula is C12H10BrN. The van der Waals surface area contributed by atoms with Gasteiger partial charge in [0, 0.05) is 28.9 Å². The number of benzene rings is 1. The second-order valence-electron chi connectivity index (χ2n) is 2.67. The minimum atomic E-state index is 0.715. The first kappa shape index (κ1) is 10.7. The van der Waals surface area contributed by atoms with Gasteiger partial charge in [-0.3, -0.25) is 4.99 Å². The predicted octanol–water partition coefficient (Wildman–Crippen LogP) is 3.06. The summed E-state index contributed by atoms with van der Waals surface area (Å²) in [6.45, 7) is 3.75. The van der Waals surface area contributed by atoms with Crippen LogP contribution in [0.15, 0.2) is 45.9 Å². The molecule has 0 unspecified atom stereocenters.